The number of para-hydroxylation sites is 1. The maximum Gasteiger partial charge on any atom is 0.455 e. The van der Waals surface area contributed by atoms with Gasteiger partial charge in [-0.2, -0.15) is 13.2 Å². The number of ether oxygens (including phenoxy) is 1. The van der Waals surface area contributed by atoms with Crippen LogP contribution in [0.2, 0.25) is 0 Å². The lowest BCUT2D eigenvalue weighted by Gasteiger charge is -2.35. The zero-order valence-corrected chi connectivity index (χ0v) is 8.40. The molecule has 1 aromatic carbocycles. The van der Waals surface area contributed by atoms with E-state index in [9.17, 15) is 18.3 Å². The molecule has 0 radical (unpaired) electrons. The highest BCUT2D eigenvalue weighted by Crippen LogP contribution is 2.41. The number of nitrogens with zero attached hydrogens (tertiary/aromatic N) is 1. The maximum absolute atomic E-state index is 12.6. The Balaban J connectivity index is 2.51. The van der Waals surface area contributed by atoms with Gasteiger partial charge in [-0.25, -0.2) is 0 Å². The average Bonchev–Trinajstić information content (AvgIpc) is 2.26. The normalized spacial score (nSPS) is 26.5. The van der Waals surface area contributed by atoms with Gasteiger partial charge in [-0.3, -0.25) is 0 Å². The van der Waals surface area contributed by atoms with Gasteiger partial charge in [0.05, 0.1) is 12.1 Å². The van der Waals surface area contributed by atoms with Gasteiger partial charge in [0.15, 0.2) is 0 Å². The molecule has 2 N–H and O–H groups in total. The number of oxime groups is 1. The van der Waals surface area contributed by atoms with E-state index in [1.165, 1.54) is 18.2 Å². The van der Waals surface area contributed by atoms with Crippen LogP contribution in [-0.4, -0.2) is 28.0 Å². The van der Waals surface area contributed by atoms with E-state index in [0.29, 0.717) is 0 Å². The molecule has 92 valence electrons. The summed E-state index contributed by atoms with van der Waals surface area (Å²) in [5, 5.41) is 20.9. The van der Waals surface area contributed by atoms with E-state index in [1.54, 1.807) is 6.07 Å². The van der Waals surface area contributed by atoms with Crippen molar-refractivity contribution in [2.45, 2.75) is 18.4 Å². The van der Waals surface area contributed by atoms with Gasteiger partial charge in [0.25, 0.3) is 0 Å². The summed E-state index contributed by atoms with van der Waals surface area (Å²) in [6, 6.07) is 5.72. The van der Waals surface area contributed by atoms with E-state index in [2.05, 4.69) is 9.89 Å². The molecule has 0 fully saturated rings. The molecule has 0 bridgehead atoms. The minimum atomic E-state index is -4.98. The quantitative estimate of drug-likeness (QED) is 0.543. The molecular weight excluding hydrogens is 239 g/mol. The van der Waals surface area contributed by atoms with Gasteiger partial charge in [0, 0.05) is 5.56 Å². The fourth-order valence-electron chi connectivity index (χ4n) is 1.58. The van der Waals surface area contributed by atoms with Crippen LogP contribution in [0.3, 0.4) is 0 Å². The van der Waals surface area contributed by atoms with Crippen LogP contribution in [0.5, 0.6) is 5.75 Å². The van der Waals surface area contributed by atoms with Gasteiger partial charge in [-0.1, -0.05) is 17.3 Å². The van der Waals surface area contributed by atoms with Gasteiger partial charge in [0.2, 0.25) is 0 Å². The van der Waals surface area contributed by atoms with Gasteiger partial charge in [-0.15, -0.1) is 0 Å². The van der Waals surface area contributed by atoms with Crippen LogP contribution in [0, 0.1) is 0 Å². The van der Waals surface area contributed by atoms with Crippen molar-refractivity contribution in [1.82, 2.24) is 0 Å². The molecule has 0 saturated carbocycles. The molecule has 1 heterocycles. The Kier molecular flexibility index (Phi) is 2.50. The van der Waals surface area contributed by atoms with Crippen LogP contribution in [0.4, 0.5) is 13.2 Å². The van der Waals surface area contributed by atoms with Crippen LogP contribution >= 0.6 is 0 Å². The molecule has 1 aliphatic heterocycles. The number of halogens is 3. The molecule has 17 heavy (non-hydrogen) atoms. The lowest BCUT2D eigenvalue weighted by Crippen LogP contribution is -2.53. The monoisotopic (exact) mass is 247 g/mol. The minimum absolute atomic E-state index is 0.175. The van der Waals surface area contributed by atoms with E-state index in [4.69, 9.17) is 5.21 Å². The first kappa shape index (κ1) is 11.7. The zero-order valence-electron chi connectivity index (χ0n) is 8.40. The SMILES string of the molecule is ON=C1C[C@](O)(C(F)(F)F)Oc2ccccc21. The molecule has 0 aliphatic carbocycles. The summed E-state index contributed by atoms with van der Waals surface area (Å²) >= 11 is 0. The summed E-state index contributed by atoms with van der Waals surface area (Å²) in [5.41, 5.74) is -0.0457. The van der Waals surface area contributed by atoms with E-state index in [1.807, 2.05) is 0 Å². The molecule has 2 rings (SSSR count). The van der Waals surface area contributed by atoms with Crippen molar-refractivity contribution >= 4 is 5.71 Å². The lowest BCUT2D eigenvalue weighted by atomic mass is 9.97. The molecule has 1 atom stereocenters. The van der Waals surface area contributed by atoms with E-state index in [-0.39, 0.29) is 17.0 Å². The second-order valence-electron chi connectivity index (χ2n) is 3.60. The number of alkyl halides is 3. The molecule has 0 saturated heterocycles. The third-order valence-electron chi connectivity index (χ3n) is 2.45. The van der Waals surface area contributed by atoms with Gasteiger partial charge < -0.3 is 15.1 Å². The predicted molar refractivity (Wildman–Crippen MR) is 51.0 cm³/mol. The van der Waals surface area contributed by atoms with Gasteiger partial charge >= 0.3 is 12.0 Å². The topological polar surface area (TPSA) is 62.1 Å². The number of aliphatic hydroxyl groups is 1. The summed E-state index contributed by atoms with van der Waals surface area (Å²) in [7, 11) is 0. The fourth-order valence-corrected chi connectivity index (χ4v) is 1.58. The number of fused-ring (bicyclic) bond motifs is 1. The Bertz CT molecular complexity index is 472. The molecule has 1 aromatic rings. The van der Waals surface area contributed by atoms with Gasteiger partial charge in [-0.05, 0) is 12.1 Å². The Hall–Kier alpha value is -1.76. The molecule has 0 aromatic heterocycles. The van der Waals surface area contributed by atoms with Gasteiger partial charge in [0.1, 0.15) is 5.75 Å². The average molecular weight is 247 g/mol. The number of hydrogen-bond acceptors (Lipinski definition) is 4. The molecule has 7 heteroatoms. The summed E-state index contributed by atoms with van der Waals surface area (Å²) in [4.78, 5) is 0. The van der Waals surface area contributed by atoms with Crippen molar-refractivity contribution < 1.29 is 28.2 Å². The molecule has 4 nitrogen and oxygen atoms in total. The standard InChI is InChI=1S/C10H8F3NO3/c11-10(12,13)9(15)5-7(14-16)6-3-1-2-4-8(6)17-9/h1-4,15-16H,5H2/t9-/m1/s1. The molecule has 1 aliphatic rings. The number of rotatable bonds is 0. The van der Waals surface area contributed by atoms with Crippen LogP contribution < -0.4 is 4.74 Å². The molecule has 0 unspecified atom stereocenters. The van der Waals surface area contributed by atoms with E-state index in [0.717, 1.165) is 0 Å². The van der Waals surface area contributed by atoms with Crippen molar-refractivity contribution in [1.29, 1.82) is 0 Å². The summed E-state index contributed by atoms with van der Waals surface area (Å²) in [6.45, 7) is 0. The van der Waals surface area contributed by atoms with Crippen LogP contribution in [0.1, 0.15) is 12.0 Å². The Morgan fingerprint density at radius 1 is 1.29 bits per heavy atom. The van der Waals surface area contributed by atoms with Crippen LogP contribution in [0.25, 0.3) is 0 Å². The highest BCUT2D eigenvalue weighted by Gasteiger charge is 2.59. The first-order chi connectivity index (χ1) is 7.87. The first-order valence-corrected chi connectivity index (χ1v) is 4.66. The molecule has 0 amide bonds. The third kappa shape index (κ3) is 1.82. The van der Waals surface area contributed by atoms with E-state index < -0.39 is 18.4 Å². The predicted octanol–water partition coefficient (Wildman–Crippen LogP) is 1.90. The number of hydrogen-bond donors (Lipinski definition) is 2. The van der Waals surface area contributed by atoms with Crippen molar-refractivity contribution in [2.75, 3.05) is 0 Å². The highest BCUT2D eigenvalue weighted by atomic mass is 19.4. The van der Waals surface area contributed by atoms with Crippen LogP contribution in [0.15, 0.2) is 29.4 Å². The third-order valence-corrected chi connectivity index (χ3v) is 2.45. The zero-order chi connectivity index (χ0) is 12.7. The molecule has 0 spiro atoms. The minimum Gasteiger partial charge on any atom is -0.452 e. The smallest absolute Gasteiger partial charge is 0.452 e. The summed E-state index contributed by atoms with van der Waals surface area (Å²) in [5.74, 6) is -3.53. The lowest BCUT2D eigenvalue weighted by molar-refractivity contribution is -0.333. The van der Waals surface area contributed by atoms with E-state index >= 15 is 0 Å². The maximum atomic E-state index is 12.6. The summed E-state index contributed by atoms with van der Waals surface area (Å²) < 4.78 is 42.4. The first-order valence-electron chi connectivity index (χ1n) is 4.66. The Morgan fingerprint density at radius 3 is 2.53 bits per heavy atom. The van der Waals surface area contributed by atoms with Crippen LogP contribution in [-0.2, 0) is 0 Å². The largest absolute Gasteiger partial charge is 0.455 e. The van der Waals surface area contributed by atoms with Crippen molar-refractivity contribution in [2.24, 2.45) is 5.16 Å². The fraction of sp³-hybridized carbons (Fsp3) is 0.300. The highest BCUT2D eigenvalue weighted by molar-refractivity contribution is 6.03. The van der Waals surface area contributed by atoms with Crippen molar-refractivity contribution in [3.63, 3.8) is 0 Å². The second-order valence-corrected chi connectivity index (χ2v) is 3.60. The number of benzene rings is 1. The summed E-state index contributed by atoms with van der Waals surface area (Å²) in [6.07, 6.45) is -5.93. The molecular formula is C10H8F3NO3. The Labute approximate surface area is 93.9 Å². The second kappa shape index (κ2) is 3.63. The Morgan fingerprint density at radius 2 is 1.94 bits per heavy atom. The van der Waals surface area contributed by atoms with Crippen molar-refractivity contribution in [3.05, 3.63) is 29.8 Å². The van der Waals surface area contributed by atoms with Crippen molar-refractivity contribution in [3.8, 4) is 5.75 Å².